The molecule has 0 aromatic carbocycles. The molecule has 0 radical (unpaired) electrons. The second-order valence-corrected chi connectivity index (χ2v) is 4.47. The Morgan fingerprint density at radius 1 is 0.857 bits per heavy atom. The van der Waals surface area contributed by atoms with E-state index in [1.807, 2.05) is 47.6 Å². The first kappa shape index (κ1) is 32.6. The minimum absolute atomic E-state index is 0.463. The maximum atomic E-state index is 3.62. The minimum atomic E-state index is 0.463. The zero-order chi connectivity index (χ0) is 18.1. The zero-order valence-electron chi connectivity index (χ0n) is 17.5. The summed E-state index contributed by atoms with van der Waals surface area (Å²) in [6, 6.07) is 0.463. The van der Waals surface area contributed by atoms with Crippen LogP contribution in [0.5, 0.6) is 0 Å². The van der Waals surface area contributed by atoms with E-state index in [2.05, 4.69) is 46.5 Å². The molecule has 1 unspecified atom stereocenters. The Balaban J connectivity index is -0.0000000600. The smallest absolute Gasteiger partial charge is 0.0218 e. The molecule has 1 heteroatoms. The van der Waals surface area contributed by atoms with Gasteiger partial charge in [-0.1, -0.05) is 101 Å². The molecule has 0 spiro atoms. The predicted molar refractivity (Wildman–Crippen MR) is 106 cm³/mol. The Labute approximate surface area is 139 Å². The summed E-state index contributed by atoms with van der Waals surface area (Å²) in [6.07, 6.45) is 7.50. The van der Waals surface area contributed by atoms with Crippen LogP contribution in [-0.2, 0) is 0 Å². The van der Waals surface area contributed by atoms with Gasteiger partial charge in [0.2, 0.25) is 0 Å². The first-order valence-corrected chi connectivity index (χ1v) is 9.44. The van der Waals surface area contributed by atoms with Crippen LogP contribution in [0.15, 0.2) is 12.7 Å². The van der Waals surface area contributed by atoms with Gasteiger partial charge in [-0.25, -0.2) is 0 Å². The van der Waals surface area contributed by atoms with Crippen molar-refractivity contribution in [2.45, 2.75) is 108 Å². The molecule has 0 rings (SSSR count). The van der Waals surface area contributed by atoms with Gasteiger partial charge in [0, 0.05) is 6.04 Å². The van der Waals surface area contributed by atoms with E-state index in [1.54, 1.807) is 0 Å². The first-order valence-electron chi connectivity index (χ1n) is 9.44. The highest BCUT2D eigenvalue weighted by molar-refractivity contribution is 4.80. The summed E-state index contributed by atoms with van der Waals surface area (Å²) in [5.41, 5.74) is 0. The first-order chi connectivity index (χ1) is 10.1. The third-order valence-corrected chi connectivity index (χ3v) is 2.26. The van der Waals surface area contributed by atoms with E-state index in [-0.39, 0.29) is 0 Å². The highest BCUT2D eigenvalue weighted by atomic mass is 14.9. The molecular weight excluding hydrogens is 254 g/mol. The van der Waals surface area contributed by atoms with Crippen LogP contribution in [0.3, 0.4) is 0 Å². The van der Waals surface area contributed by atoms with Gasteiger partial charge < -0.3 is 5.32 Å². The van der Waals surface area contributed by atoms with Gasteiger partial charge in [-0.3, -0.25) is 0 Å². The van der Waals surface area contributed by atoms with Crippen molar-refractivity contribution >= 4 is 0 Å². The maximum Gasteiger partial charge on any atom is 0.0218 e. The number of likely N-dealkylation sites (N-methyl/N-ethyl adjacent to an activating group) is 1. The van der Waals surface area contributed by atoms with E-state index in [9.17, 15) is 0 Å². The van der Waals surface area contributed by atoms with Crippen molar-refractivity contribution in [1.82, 2.24) is 5.32 Å². The Hall–Kier alpha value is -0.300. The zero-order valence-corrected chi connectivity index (χ0v) is 17.5. The molecule has 0 heterocycles. The molecule has 0 aliphatic rings. The number of rotatable bonds is 7. The van der Waals surface area contributed by atoms with Gasteiger partial charge in [0.15, 0.2) is 0 Å². The maximum absolute atomic E-state index is 3.62. The molecule has 1 atom stereocenters. The normalized spacial score (nSPS) is 9.33. The lowest BCUT2D eigenvalue weighted by atomic mass is 10.1. The van der Waals surface area contributed by atoms with Crippen molar-refractivity contribution in [2.75, 3.05) is 6.54 Å². The van der Waals surface area contributed by atoms with Crippen molar-refractivity contribution in [3.05, 3.63) is 12.7 Å². The number of hydrogen-bond acceptors (Lipinski definition) is 1. The highest BCUT2D eigenvalue weighted by Crippen LogP contribution is 2.06. The van der Waals surface area contributed by atoms with Crippen LogP contribution < -0.4 is 5.32 Å². The van der Waals surface area contributed by atoms with Crippen LogP contribution in [0.4, 0.5) is 0 Å². The van der Waals surface area contributed by atoms with E-state index in [1.165, 1.54) is 25.7 Å². The number of nitrogens with one attached hydrogen (secondary N) is 1. The van der Waals surface area contributed by atoms with E-state index < -0.39 is 0 Å². The molecule has 0 aromatic heterocycles. The topological polar surface area (TPSA) is 12.0 Å². The van der Waals surface area contributed by atoms with Gasteiger partial charge in [0.25, 0.3) is 0 Å². The van der Waals surface area contributed by atoms with Crippen LogP contribution >= 0.6 is 0 Å². The fraction of sp³-hybridized carbons (Fsp3) is 0.900. The largest absolute Gasteiger partial charge is 0.311 e. The predicted octanol–water partition coefficient (Wildman–Crippen LogP) is 7.47. The van der Waals surface area contributed by atoms with Gasteiger partial charge in [0.1, 0.15) is 0 Å². The lowest BCUT2D eigenvalue weighted by Gasteiger charge is -2.02. The fourth-order valence-corrected chi connectivity index (χ4v) is 1.21. The second-order valence-electron chi connectivity index (χ2n) is 4.47. The fourth-order valence-electron chi connectivity index (χ4n) is 1.21. The quantitative estimate of drug-likeness (QED) is 0.380. The molecule has 0 aliphatic carbocycles. The Morgan fingerprint density at radius 3 is 1.48 bits per heavy atom. The lowest BCUT2D eigenvalue weighted by Crippen LogP contribution is -2.22. The molecule has 0 amide bonds. The summed E-state index contributed by atoms with van der Waals surface area (Å²) in [6.45, 7) is 27.6. The minimum Gasteiger partial charge on any atom is -0.311 e. The van der Waals surface area contributed by atoms with E-state index in [0.717, 1.165) is 12.5 Å². The Morgan fingerprint density at radius 2 is 1.29 bits per heavy atom. The Kier molecular flexibility index (Phi) is 66.3. The average Bonchev–Trinajstić information content (AvgIpc) is 2.54. The van der Waals surface area contributed by atoms with Gasteiger partial charge in [0.05, 0.1) is 0 Å². The van der Waals surface area contributed by atoms with Gasteiger partial charge in [-0.05, 0) is 19.4 Å². The molecule has 0 fully saturated rings. The monoisotopic (exact) mass is 303 g/mol. The van der Waals surface area contributed by atoms with Crippen molar-refractivity contribution in [1.29, 1.82) is 0 Å². The van der Waals surface area contributed by atoms with Crippen molar-refractivity contribution < 1.29 is 0 Å². The van der Waals surface area contributed by atoms with Crippen LogP contribution in [0.1, 0.15) is 102 Å². The molecule has 0 aromatic rings. The summed E-state index contributed by atoms with van der Waals surface area (Å²) in [7, 11) is 0. The molecule has 134 valence electrons. The van der Waals surface area contributed by atoms with Crippen molar-refractivity contribution in [3.8, 4) is 0 Å². The standard InChI is InChI=1S/C8H18.C6H13N.3C2H6/c1-4-5-6-7-8(2)3;1-4-6(3)7-5-2;3*1-2/h8H,4-7H2,1-3H3;4,6-7H,1,5H2,2-3H3;3*1-2H3. The molecule has 0 aliphatic heterocycles. The van der Waals surface area contributed by atoms with Crippen LogP contribution in [-0.4, -0.2) is 12.6 Å². The molecule has 0 saturated carbocycles. The second kappa shape index (κ2) is 42.7. The van der Waals surface area contributed by atoms with Gasteiger partial charge >= 0.3 is 0 Å². The lowest BCUT2D eigenvalue weighted by molar-refractivity contribution is 0.534. The molecule has 1 N–H and O–H groups in total. The molecule has 21 heavy (non-hydrogen) atoms. The van der Waals surface area contributed by atoms with Gasteiger partial charge in [-0.2, -0.15) is 0 Å². The summed E-state index contributed by atoms with van der Waals surface area (Å²) in [4.78, 5) is 0. The summed E-state index contributed by atoms with van der Waals surface area (Å²) in [5, 5.41) is 3.18. The molecular formula is C20H49N. The third-order valence-electron chi connectivity index (χ3n) is 2.26. The summed E-state index contributed by atoms with van der Waals surface area (Å²) >= 11 is 0. The third kappa shape index (κ3) is 65.6. The van der Waals surface area contributed by atoms with Gasteiger partial charge in [-0.15, -0.1) is 6.58 Å². The van der Waals surface area contributed by atoms with Crippen LogP contribution in [0.25, 0.3) is 0 Å². The summed E-state index contributed by atoms with van der Waals surface area (Å²) in [5.74, 6) is 0.904. The highest BCUT2D eigenvalue weighted by Gasteiger charge is 1.90. The summed E-state index contributed by atoms with van der Waals surface area (Å²) < 4.78 is 0. The van der Waals surface area contributed by atoms with Crippen molar-refractivity contribution in [3.63, 3.8) is 0 Å². The Bertz CT molecular complexity index is 119. The van der Waals surface area contributed by atoms with Crippen LogP contribution in [0.2, 0.25) is 0 Å². The molecule has 0 saturated heterocycles. The average molecular weight is 304 g/mol. The number of hydrogen-bond donors (Lipinski definition) is 1. The van der Waals surface area contributed by atoms with E-state index >= 15 is 0 Å². The van der Waals surface area contributed by atoms with E-state index in [0.29, 0.717) is 6.04 Å². The number of unbranched alkanes of at least 4 members (excludes halogenated alkanes) is 2. The van der Waals surface area contributed by atoms with E-state index in [4.69, 9.17) is 0 Å². The van der Waals surface area contributed by atoms with Crippen LogP contribution in [0, 0.1) is 5.92 Å². The molecule has 0 bridgehead atoms. The molecule has 1 nitrogen and oxygen atoms in total. The SMILES string of the molecule is C=CC(C)NCC.CC.CC.CC.CCCCCC(C)C. The van der Waals surface area contributed by atoms with Crippen molar-refractivity contribution in [2.24, 2.45) is 5.92 Å².